The van der Waals surface area contributed by atoms with E-state index in [0.29, 0.717) is 0 Å². The van der Waals surface area contributed by atoms with Crippen molar-refractivity contribution in [3.05, 3.63) is 0 Å². The lowest BCUT2D eigenvalue weighted by Crippen LogP contribution is -2.26. The van der Waals surface area contributed by atoms with Crippen molar-refractivity contribution in [2.45, 2.75) is 0 Å². The molecule has 1 radical (unpaired) electrons. The molecule has 0 bridgehead atoms. The zero-order valence-corrected chi connectivity index (χ0v) is 5.84. The van der Waals surface area contributed by atoms with Gasteiger partial charge in [0.05, 0.1) is 12.3 Å². The van der Waals surface area contributed by atoms with Crippen LogP contribution in [0.5, 0.6) is 0 Å². The minimum absolute atomic E-state index is 0.297. The van der Waals surface area contributed by atoms with E-state index in [1.165, 1.54) is 0 Å². The van der Waals surface area contributed by atoms with Crippen molar-refractivity contribution in [1.29, 1.82) is 0 Å². The average Bonchev–Trinajstić information content (AvgIpc) is 1.59. The molecule has 0 heterocycles. The zero-order valence-electron chi connectivity index (χ0n) is 5.02. The monoisotopic (exact) mass is 167 g/mol. The van der Waals surface area contributed by atoms with Crippen LogP contribution < -0.4 is 11.1 Å². The van der Waals surface area contributed by atoms with Gasteiger partial charge in [-0.3, -0.25) is 4.55 Å². The number of carbonyl (C=O) groups excluding carboxylic acids is 1. The van der Waals surface area contributed by atoms with Gasteiger partial charge in [-0.2, -0.15) is 8.42 Å². The van der Waals surface area contributed by atoms with Gasteiger partial charge in [-0.25, -0.2) is 10.1 Å². The molecule has 59 valence electrons. The van der Waals surface area contributed by atoms with Crippen LogP contribution in [0.25, 0.3) is 0 Å². The molecular weight excluding hydrogens is 160 g/mol. The molecule has 0 aliphatic rings. The summed E-state index contributed by atoms with van der Waals surface area (Å²) in [6, 6.07) is -0.941. The van der Waals surface area contributed by atoms with E-state index in [4.69, 9.17) is 4.55 Å². The highest BCUT2D eigenvalue weighted by Gasteiger charge is 2.04. The minimum Gasteiger partial charge on any atom is -0.350 e. The van der Waals surface area contributed by atoms with Crippen LogP contribution in [-0.4, -0.2) is 31.3 Å². The fraction of sp³-hybridized carbons (Fsp3) is 0.667. The van der Waals surface area contributed by atoms with Crippen LogP contribution in [0.1, 0.15) is 0 Å². The standard InChI is InChI=1S/C3H7N2O4S/c4-3(6)5-1-2-10(7,8)9/h1-2H2,(H2,4,6)(H,7,8,9). The molecule has 0 fully saturated rings. The Morgan fingerprint density at radius 1 is 1.60 bits per heavy atom. The predicted molar refractivity (Wildman–Crippen MR) is 33.0 cm³/mol. The summed E-state index contributed by atoms with van der Waals surface area (Å²) < 4.78 is 28.0. The topological polar surface area (TPSA) is 112 Å². The Balaban J connectivity index is 3.49. The number of amides is 2. The zero-order chi connectivity index (χ0) is 8.20. The first-order chi connectivity index (χ1) is 4.42. The van der Waals surface area contributed by atoms with E-state index >= 15 is 0 Å². The van der Waals surface area contributed by atoms with Gasteiger partial charge in [-0.05, 0) is 0 Å². The summed E-state index contributed by atoms with van der Waals surface area (Å²) in [7, 11) is -4.02. The highest BCUT2D eigenvalue weighted by molar-refractivity contribution is 7.85. The van der Waals surface area contributed by atoms with Crippen molar-refractivity contribution in [2.24, 2.45) is 5.73 Å². The van der Waals surface area contributed by atoms with Gasteiger partial charge in [0.25, 0.3) is 10.1 Å². The molecule has 0 atom stereocenters. The van der Waals surface area contributed by atoms with Gasteiger partial charge in [0.15, 0.2) is 0 Å². The number of nitrogens with two attached hydrogens (primary N) is 1. The first-order valence-corrected chi connectivity index (χ1v) is 3.95. The van der Waals surface area contributed by atoms with Gasteiger partial charge in [-0.1, -0.05) is 0 Å². The van der Waals surface area contributed by atoms with Gasteiger partial charge in [0, 0.05) is 0 Å². The van der Waals surface area contributed by atoms with Crippen LogP contribution in [0, 0.1) is 0 Å². The SMILES string of the molecule is NC(=O)[N]CCS(=O)(=O)O. The number of nitrogens with zero attached hydrogens (tertiary/aromatic N) is 1. The quantitative estimate of drug-likeness (QED) is 0.501. The van der Waals surface area contributed by atoms with Gasteiger partial charge in [-0.15, -0.1) is 0 Å². The van der Waals surface area contributed by atoms with E-state index < -0.39 is 21.9 Å². The van der Waals surface area contributed by atoms with Crippen LogP contribution >= 0.6 is 0 Å². The maximum atomic E-state index is 9.96. The highest BCUT2D eigenvalue weighted by Crippen LogP contribution is 1.78. The lowest BCUT2D eigenvalue weighted by atomic mass is 10.7. The highest BCUT2D eigenvalue weighted by atomic mass is 32.2. The Kier molecular flexibility index (Phi) is 3.10. The summed E-state index contributed by atoms with van der Waals surface area (Å²) in [5, 5.41) is 3.01. The number of hydrogen-bond donors (Lipinski definition) is 2. The van der Waals surface area contributed by atoms with Crippen molar-refractivity contribution >= 4 is 16.1 Å². The number of urea groups is 1. The summed E-state index contributed by atoms with van der Waals surface area (Å²) in [5.74, 6) is -0.573. The van der Waals surface area contributed by atoms with E-state index in [1.807, 2.05) is 0 Å². The smallest absolute Gasteiger partial charge is 0.333 e. The second-order valence-corrected chi connectivity index (χ2v) is 3.08. The van der Waals surface area contributed by atoms with E-state index in [2.05, 4.69) is 11.1 Å². The molecule has 0 aliphatic heterocycles. The van der Waals surface area contributed by atoms with Crippen LogP contribution in [0.4, 0.5) is 4.79 Å². The van der Waals surface area contributed by atoms with E-state index in [0.717, 1.165) is 0 Å². The maximum Gasteiger partial charge on any atom is 0.333 e. The van der Waals surface area contributed by atoms with Gasteiger partial charge in [0.1, 0.15) is 0 Å². The maximum absolute atomic E-state index is 9.96. The summed E-state index contributed by atoms with van der Waals surface area (Å²) in [5.41, 5.74) is 4.54. The Morgan fingerprint density at radius 2 is 2.10 bits per heavy atom. The van der Waals surface area contributed by atoms with E-state index in [1.54, 1.807) is 0 Å². The second kappa shape index (κ2) is 3.37. The molecule has 0 aromatic rings. The van der Waals surface area contributed by atoms with Crippen molar-refractivity contribution in [3.63, 3.8) is 0 Å². The molecule has 10 heavy (non-hydrogen) atoms. The predicted octanol–water partition coefficient (Wildman–Crippen LogP) is -1.44. The van der Waals surface area contributed by atoms with Crippen molar-refractivity contribution in [3.8, 4) is 0 Å². The molecule has 0 unspecified atom stereocenters. The molecule has 0 spiro atoms. The third kappa shape index (κ3) is 7.18. The third-order valence-electron chi connectivity index (χ3n) is 0.617. The normalized spacial score (nSPS) is 10.9. The molecule has 0 aromatic heterocycles. The Hall–Kier alpha value is -0.820. The molecule has 0 saturated carbocycles. The molecule has 3 N–H and O–H groups in total. The number of rotatable bonds is 3. The third-order valence-corrected chi connectivity index (χ3v) is 1.32. The Bertz CT molecular complexity index is 209. The van der Waals surface area contributed by atoms with Crippen LogP contribution in [0.2, 0.25) is 0 Å². The van der Waals surface area contributed by atoms with Gasteiger partial charge in [0.2, 0.25) is 0 Å². The summed E-state index contributed by atoms with van der Waals surface area (Å²) in [4.78, 5) is 9.86. The van der Waals surface area contributed by atoms with Gasteiger partial charge < -0.3 is 5.73 Å². The van der Waals surface area contributed by atoms with E-state index in [9.17, 15) is 13.2 Å². The number of carbonyl (C=O) groups is 1. The minimum atomic E-state index is -4.02. The fourth-order valence-corrected chi connectivity index (χ4v) is 0.593. The Labute approximate surface area is 58.1 Å². The first-order valence-electron chi connectivity index (χ1n) is 2.34. The molecule has 7 heteroatoms. The first kappa shape index (κ1) is 9.18. The van der Waals surface area contributed by atoms with Crippen LogP contribution in [0.15, 0.2) is 0 Å². The van der Waals surface area contributed by atoms with Crippen LogP contribution in [-0.2, 0) is 10.1 Å². The van der Waals surface area contributed by atoms with Crippen LogP contribution in [0.3, 0.4) is 0 Å². The Morgan fingerprint density at radius 3 is 2.40 bits per heavy atom. The molecule has 0 rings (SSSR count). The second-order valence-electron chi connectivity index (χ2n) is 1.51. The average molecular weight is 167 g/mol. The molecule has 6 nitrogen and oxygen atoms in total. The fourth-order valence-electron chi connectivity index (χ4n) is 0.271. The molecule has 0 aromatic carbocycles. The largest absolute Gasteiger partial charge is 0.350 e. The van der Waals surface area contributed by atoms with E-state index in [-0.39, 0.29) is 6.54 Å². The van der Waals surface area contributed by atoms with Crippen molar-refractivity contribution in [2.75, 3.05) is 12.3 Å². The molecule has 0 saturated heterocycles. The molecule has 2 amide bonds. The van der Waals surface area contributed by atoms with Crippen molar-refractivity contribution in [1.82, 2.24) is 5.32 Å². The summed E-state index contributed by atoms with van der Waals surface area (Å²) in [6.45, 7) is -0.297. The van der Waals surface area contributed by atoms with Gasteiger partial charge >= 0.3 is 6.03 Å². The number of primary amides is 1. The molecular formula is C3H7N2O4S. The lowest BCUT2D eigenvalue weighted by Gasteiger charge is -1.93. The molecule has 0 aliphatic carbocycles. The number of hydrogen-bond acceptors (Lipinski definition) is 3. The summed E-state index contributed by atoms with van der Waals surface area (Å²) in [6.07, 6.45) is 0. The lowest BCUT2D eigenvalue weighted by molar-refractivity contribution is 0.249. The summed E-state index contributed by atoms with van der Waals surface area (Å²) >= 11 is 0. The van der Waals surface area contributed by atoms with Crippen molar-refractivity contribution < 1.29 is 17.8 Å².